The maximum absolute atomic E-state index is 15.8. The topological polar surface area (TPSA) is 83.7 Å². The Labute approximate surface area is 237 Å². The van der Waals surface area contributed by atoms with E-state index in [0.29, 0.717) is 18.5 Å². The highest BCUT2D eigenvalue weighted by molar-refractivity contribution is 5.90. The summed E-state index contributed by atoms with van der Waals surface area (Å²) in [6.45, 7) is 14.1. The zero-order chi connectivity index (χ0) is 29.6. The number of carbonyl (C=O) groups excluding carboxylic acids is 1. The Morgan fingerprint density at radius 1 is 1.10 bits per heavy atom. The molecule has 8 nitrogen and oxygen atoms in total. The lowest BCUT2D eigenvalue weighted by molar-refractivity contribution is -0.130. The maximum atomic E-state index is 15.8. The van der Waals surface area contributed by atoms with Gasteiger partial charge in [0.1, 0.15) is 28.8 Å². The van der Waals surface area contributed by atoms with Gasteiger partial charge in [-0.25, -0.2) is 18.6 Å². The van der Waals surface area contributed by atoms with Crippen LogP contribution in [0.1, 0.15) is 40.7 Å². The summed E-state index contributed by atoms with van der Waals surface area (Å²) in [5.74, 6) is -1.18. The van der Waals surface area contributed by atoms with Crippen LogP contribution in [0.5, 0.6) is 0 Å². The Kier molecular flexibility index (Phi) is 7.59. The number of hydrogen-bond acceptors (Lipinski definition) is 6. The molecule has 1 amide bonds. The first-order valence-corrected chi connectivity index (χ1v) is 13.8. The van der Waals surface area contributed by atoms with Crippen LogP contribution in [0.2, 0.25) is 0 Å². The number of fused-ring (bicyclic) bond motifs is 1. The van der Waals surface area contributed by atoms with Crippen molar-refractivity contribution in [3.8, 4) is 11.3 Å². The number of rotatable bonds is 5. The second-order valence-corrected chi connectivity index (χ2v) is 11.2. The first-order chi connectivity index (χ1) is 19.5. The number of aliphatic imine (C=N–C) groups is 1. The van der Waals surface area contributed by atoms with Crippen LogP contribution in [0.15, 0.2) is 64.4 Å². The zero-order valence-electron chi connectivity index (χ0n) is 23.9. The Morgan fingerprint density at radius 2 is 1.78 bits per heavy atom. The van der Waals surface area contributed by atoms with Crippen molar-refractivity contribution in [1.29, 1.82) is 0 Å². The molecule has 2 aromatic heterocycles. The number of benzene rings is 1. The summed E-state index contributed by atoms with van der Waals surface area (Å²) in [6.07, 6.45) is 4.86. The molecule has 0 radical (unpaired) electrons. The Balaban J connectivity index is 1.77. The lowest BCUT2D eigenvalue weighted by Gasteiger charge is -2.44. The van der Waals surface area contributed by atoms with Crippen molar-refractivity contribution in [2.75, 3.05) is 18.0 Å². The smallest absolute Gasteiger partial charge is 0.351 e. The van der Waals surface area contributed by atoms with Crippen LogP contribution in [0.3, 0.4) is 0 Å². The van der Waals surface area contributed by atoms with E-state index in [1.807, 2.05) is 45.6 Å². The summed E-state index contributed by atoms with van der Waals surface area (Å²) >= 11 is 0. The van der Waals surface area contributed by atoms with Crippen LogP contribution >= 0.6 is 0 Å². The standard InChI is InChI=1S/C31H34F2N6O2/c1-7-25(40)38-19(5)15-37(16-20(38)6)29-22-14-24(33)27(21-10-8-9-11-23(21)32)35-30(22)39(31(41)36-29)28-18(4)12-13-34-26(28)17(2)3/h7-14,17,19-20,26,28H,1,15-16H2,2-6H3/t19-,20+,26-,28?/m0/s1. The largest absolute Gasteiger partial charge is 0.352 e. The molecule has 0 aliphatic carbocycles. The molecule has 0 N–H and O–H groups in total. The van der Waals surface area contributed by atoms with E-state index in [9.17, 15) is 14.0 Å². The summed E-state index contributed by atoms with van der Waals surface area (Å²) in [5, 5.41) is 0.329. The van der Waals surface area contributed by atoms with Gasteiger partial charge in [-0.2, -0.15) is 4.98 Å². The Bertz CT molecular complexity index is 1630. The summed E-state index contributed by atoms with van der Waals surface area (Å²) in [6, 6.07) is 5.89. The average Bonchev–Trinajstić information content (AvgIpc) is 2.92. The second-order valence-electron chi connectivity index (χ2n) is 11.2. The summed E-state index contributed by atoms with van der Waals surface area (Å²) < 4.78 is 32.1. The fourth-order valence-corrected chi connectivity index (χ4v) is 6.09. The number of halogens is 2. The Morgan fingerprint density at radius 3 is 2.41 bits per heavy atom. The van der Waals surface area contributed by atoms with Crippen LogP contribution in [0.25, 0.3) is 22.3 Å². The molecule has 1 fully saturated rings. The molecular weight excluding hydrogens is 526 g/mol. The van der Waals surface area contributed by atoms with Crippen LogP contribution in [0, 0.1) is 17.6 Å². The van der Waals surface area contributed by atoms with Gasteiger partial charge in [-0.3, -0.25) is 14.4 Å². The first kappa shape index (κ1) is 28.3. The minimum Gasteiger partial charge on any atom is -0.352 e. The maximum Gasteiger partial charge on any atom is 0.351 e. The molecule has 4 atom stereocenters. The number of dihydropyridines is 1. The van der Waals surface area contributed by atoms with E-state index in [2.05, 4.69) is 21.5 Å². The number of amides is 1. The lowest BCUT2D eigenvalue weighted by atomic mass is 9.90. The van der Waals surface area contributed by atoms with Crippen molar-refractivity contribution in [1.82, 2.24) is 19.4 Å². The van der Waals surface area contributed by atoms with Crippen LogP contribution in [0.4, 0.5) is 14.6 Å². The SMILES string of the molecule is C=CC(=O)N1[C@H](C)CN(c2nc(=O)n(C3C(C)=CC=N[C@H]3C(C)C)c3nc(-c4ccccc4F)c(F)cc23)C[C@@H]1C. The molecule has 2 aliphatic heterocycles. The van der Waals surface area contributed by atoms with Gasteiger partial charge in [0.05, 0.1) is 17.5 Å². The van der Waals surface area contributed by atoms with Crippen LogP contribution in [-0.2, 0) is 4.79 Å². The number of carbonyl (C=O) groups is 1. The third-order valence-electron chi connectivity index (χ3n) is 7.96. The number of piperazine rings is 1. The molecular formula is C31H34F2N6O2. The predicted molar refractivity (Wildman–Crippen MR) is 157 cm³/mol. The number of aromatic nitrogens is 3. The van der Waals surface area contributed by atoms with E-state index in [-0.39, 0.29) is 52.7 Å². The molecule has 41 heavy (non-hydrogen) atoms. The van der Waals surface area contributed by atoms with Gasteiger partial charge < -0.3 is 9.80 Å². The highest BCUT2D eigenvalue weighted by atomic mass is 19.1. The van der Waals surface area contributed by atoms with Crippen molar-refractivity contribution in [3.63, 3.8) is 0 Å². The molecule has 10 heteroatoms. The van der Waals surface area contributed by atoms with E-state index in [4.69, 9.17) is 0 Å². The second kappa shape index (κ2) is 11.0. The number of nitrogens with zero attached hydrogens (tertiary/aromatic N) is 6. The fourth-order valence-electron chi connectivity index (χ4n) is 6.09. The van der Waals surface area contributed by atoms with Crippen molar-refractivity contribution >= 4 is 29.0 Å². The molecule has 0 saturated carbocycles. The van der Waals surface area contributed by atoms with Gasteiger partial charge in [-0.05, 0) is 62.6 Å². The normalized spacial score (nSPS) is 22.8. The first-order valence-electron chi connectivity index (χ1n) is 13.8. The molecule has 3 aromatic rings. The van der Waals surface area contributed by atoms with Gasteiger partial charge in [0.15, 0.2) is 0 Å². The van der Waals surface area contributed by atoms with E-state index < -0.39 is 23.4 Å². The molecule has 1 aromatic carbocycles. The molecule has 5 rings (SSSR count). The van der Waals surface area contributed by atoms with Gasteiger partial charge in [0.25, 0.3) is 0 Å². The summed E-state index contributed by atoms with van der Waals surface area (Å²) in [5.41, 5.74) is 0.332. The van der Waals surface area contributed by atoms with E-state index in [0.717, 1.165) is 5.57 Å². The van der Waals surface area contributed by atoms with Gasteiger partial charge in [0.2, 0.25) is 5.91 Å². The molecule has 0 bridgehead atoms. The minimum atomic E-state index is -0.730. The number of pyridine rings is 1. The van der Waals surface area contributed by atoms with Gasteiger partial charge in [-0.15, -0.1) is 0 Å². The lowest BCUT2D eigenvalue weighted by Crippen LogP contribution is -2.58. The molecule has 0 spiro atoms. The van der Waals surface area contributed by atoms with E-state index >= 15 is 4.39 Å². The third-order valence-corrected chi connectivity index (χ3v) is 7.96. The Hall–Kier alpha value is -4.21. The highest BCUT2D eigenvalue weighted by Crippen LogP contribution is 2.36. The number of anilines is 1. The zero-order valence-corrected chi connectivity index (χ0v) is 23.9. The molecule has 2 aliphatic rings. The number of allylic oxidation sites excluding steroid dienone is 1. The predicted octanol–water partition coefficient (Wildman–Crippen LogP) is 4.94. The molecule has 1 unspecified atom stereocenters. The third kappa shape index (κ3) is 4.96. The van der Waals surface area contributed by atoms with Gasteiger partial charge in [0, 0.05) is 37.0 Å². The monoisotopic (exact) mass is 560 g/mol. The van der Waals surface area contributed by atoms with Crippen molar-refractivity contribution < 1.29 is 13.6 Å². The quantitative estimate of drug-likeness (QED) is 0.413. The van der Waals surface area contributed by atoms with E-state index in [1.165, 1.54) is 34.9 Å². The summed E-state index contributed by atoms with van der Waals surface area (Å²) in [7, 11) is 0. The van der Waals surface area contributed by atoms with Crippen LogP contribution in [-0.4, -0.2) is 62.8 Å². The van der Waals surface area contributed by atoms with E-state index in [1.54, 1.807) is 17.2 Å². The number of hydrogen-bond donors (Lipinski definition) is 0. The summed E-state index contributed by atoms with van der Waals surface area (Å²) in [4.78, 5) is 43.9. The fraction of sp³-hybridized carbons (Fsp3) is 0.387. The van der Waals surface area contributed by atoms with Crippen LogP contribution < -0.4 is 10.6 Å². The molecule has 214 valence electrons. The van der Waals surface area contributed by atoms with Gasteiger partial charge in [-0.1, -0.05) is 32.6 Å². The van der Waals surface area contributed by atoms with Crippen molar-refractivity contribution in [3.05, 3.63) is 76.8 Å². The molecule has 4 heterocycles. The minimum absolute atomic E-state index is 0.00241. The van der Waals surface area contributed by atoms with Gasteiger partial charge >= 0.3 is 5.69 Å². The highest BCUT2D eigenvalue weighted by Gasteiger charge is 2.36. The average molecular weight is 561 g/mol. The molecule has 1 saturated heterocycles. The van der Waals surface area contributed by atoms with Crippen molar-refractivity contribution in [2.24, 2.45) is 10.9 Å². The van der Waals surface area contributed by atoms with Crippen molar-refractivity contribution in [2.45, 2.75) is 58.8 Å².